The van der Waals surface area contributed by atoms with Gasteiger partial charge in [-0.3, -0.25) is 9.69 Å². The smallest absolute Gasteiger partial charge is 0.353 e. The average Bonchev–Trinajstić information content (AvgIpc) is 2.38. The molecule has 1 atom stereocenters. The molecule has 20 heavy (non-hydrogen) atoms. The minimum Gasteiger partial charge on any atom is -0.353 e. The lowest BCUT2D eigenvalue weighted by atomic mass is 9.86. The first-order valence-corrected chi connectivity index (χ1v) is 6.94. The van der Waals surface area contributed by atoms with E-state index in [1.807, 2.05) is 13.8 Å². The third-order valence-electron chi connectivity index (χ3n) is 4.03. The molecule has 1 N–H and O–H groups in total. The van der Waals surface area contributed by atoms with E-state index >= 15 is 0 Å². The topological polar surface area (TPSA) is 32.3 Å². The third kappa shape index (κ3) is 4.81. The van der Waals surface area contributed by atoms with Crippen molar-refractivity contribution < 1.29 is 18.0 Å². The molecule has 1 amide bonds. The highest BCUT2D eigenvalue weighted by molar-refractivity contribution is 5.84. The number of halogens is 3. The number of alkyl halides is 3. The van der Waals surface area contributed by atoms with Gasteiger partial charge in [-0.2, -0.15) is 13.2 Å². The van der Waals surface area contributed by atoms with Crippen LogP contribution < -0.4 is 5.32 Å². The maximum Gasteiger partial charge on any atom is 0.401 e. The highest BCUT2D eigenvalue weighted by Crippen LogP contribution is 2.24. The SMILES string of the molecule is C=CC(C)(CC)C(=O)NC1CCN(CC(F)(F)F)CC1. The molecule has 1 rings (SSSR count). The molecule has 1 aliphatic heterocycles. The predicted octanol–water partition coefficient (Wildman–Crippen LogP) is 2.73. The van der Waals surface area contributed by atoms with Gasteiger partial charge in [0.15, 0.2) is 0 Å². The van der Waals surface area contributed by atoms with Crippen molar-refractivity contribution in [3.8, 4) is 0 Å². The first-order valence-electron chi connectivity index (χ1n) is 6.94. The van der Waals surface area contributed by atoms with E-state index in [1.54, 1.807) is 6.08 Å². The van der Waals surface area contributed by atoms with Gasteiger partial charge in [0.2, 0.25) is 5.91 Å². The van der Waals surface area contributed by atoms with Crippen LogP contribution in [0.5, 0.6) is 0 Å². The Morgan fingerprint density at radius 2 is 1.95 bits per heavy atom. The predicted molar refractivity (Wildman–Crippen MR) is 72.3 cm³/mol. The fraction of sp³-hybridized carbons (Fsp3) is 0.786. The Hall–Kier alpha value is -1.04. The summed E-state index contributed by atoms with van der Waals surface area (Å²) in [4.78, 5) is 13.5. The molecule has 1 saturated heterocycles. The van der Waals surface area contributed by atoms with Crippen molar-refractivity contribution in [2.45, 2.75) is 45.3 Å². The van der Waals surface area contributed by atoms with Gasteiger partial charge in [-0.05, 0) is 26.2 Å². The van der Waals surface area contributed by atoms with Crippen molar-refractivity contribution >= 4 is 5.91 Å². The molecule has 6 heteroatoms. The van der Waals surface area contributed by atoms with Crippen molar-refractivity contribution in [1.82, 2.24) is 10.2 Å². The van der Waals surface area contributed by atoms with Crippen LogP contribution in [0.4, 0.5) is 13.2 Å². The first-order chi connectivity index (χ1) is 9.20. The van der Waals surface area contributed by atoms with Crippen molar-refractivity contribution in [2.75, 3.05) is 19.6 Å². The molecule has 1 fully saturated rings. The number of carbonyl (C=O) groups is 1. The minimum atomic E-state index is -4.15. The molecule has 0 bridgehead atoms. The number of carbonyl (C=O) groups excluding carboxylic acids is 1. The van der Waals surface area contributed by atoms with Gasteiger partial charge in [-0.1, -0.05) is 13.0 Å². The van der Waals surface area contributed by atoms with Crippen LogP contribution in [-0.4, -0.2) is 42.7 Å². The van der Waals surface area contributed by atoms with Crippen LogP contribution in [0, 0.1) is 5.41 Å². The van der Waals surface area contributed by atoms with Crippen LogP contribution in [0.1, 0.15) is 33.1 Å². The number of hydrogen-bond donors (Lipinski definition) is 1. The zero-order valence-corrected chi connectivity index (χ0v) is 12.1. The Bertz CT molecular complexity index is 349. The zero-order valence-electron chi connectivity index (χ0n) is 12.1. The summed E-state index contributed by atoms with van der Waals surface area (Å²) in [6.07, 6.45) is -0.770. The number of amides is 1. The molecular formula is C14H23F3N2O. The molecule has 1 heterocycles. The van der Waals surface area contributed by atoms with Crippen molar-refractivity contribution in [1.29, 1.82) is 0 Å². The van der Waals surface area contributed by atoms with Crippen LogP contribution in [0.2, 0.25) is 0 Å². The summed E-state index contributed by atoms with van der Waals surface area (Å²) in [6.45, 7) is 7.26. The van der Waals surface area contributed by atoms with Gasteiger partial charge in [-0.25, -0.2) is 0 Å². The van der Waals surface area contributed by atoms with E-state index in [0.29, 0.717) is 32.4 Å². The normalized spacial score (nSPS) is 21.2. The van der Waals surface area contributed by atoms with Gasteiger partial charge in [0.05, 0.1) is 12.0 Å². The lowest BCUT2D eigenvalue weighted by Gasteiger charge is -2.34. The Labute approximate surface area is 118 Å². The summed E-state index contributed by atoms with van der Waals surface area (Å²) in [5.41, 5.74) is -0.608. The second-order valence-electron chi connectivity index (χ2n) is 5.61. The third-order valence-corrected chi connectivity index (χ3v) is 4.03. The number of piperidine rings is 1. The number of rotatable bonds is 5. The van der Waals surface area contributed by atoms with Crippen LogP contribution >= 0.6 is 0 Å². The molecule has 116 valence electrons. The number of hydrogen-bond acceptors (Lipinski definition) is 2. The largest absolute Gasteiger partial charge is 0.401 e. The summed E-state index contributed by atoms with van der Waals surface area (Å²) in [5, 5.41) is 2.93. The summed E-state index contributed by atoms with van der Waals surface area (Å²) in [6, 6.07) is -0.0437. The lowest BCUT2D eigenvalue weighted by Crippen LogP contribution is -2.49. The van der Waals surface area contributed by atoms with Gasteiger partial charge in [0.25, 0.3) is 0 Å². The fourth-order valence-corrected chi connectivity index (χ4v) is 2.24. The minimum absolute atomic E-state index is 0.0437. The van der Waals surface area contributed by atoms with E-state index in [1.165, 1.54) is 4.90 Å². The van der Waals surface area contributed by atoms with E-state index in [9.17, 15) is 18.0 Å². The maximum atomic E-state index is 12.3. The summed E-state index contributed by atoms with van der Waals surface area (Å²) in [5.74, 6) is -0.0933. The number of nitrogens with zero attached hydrogens (tertiary/aromatic N) is 1. The summed E-state index contributed by atoms with van der Waals surface area (Å²) < 4.78 is 36.8. The quantitative estimate of drug-likeness (QED) is 0.790. The van der Waals surface area contributed by atoms with Gasteiger partial charge < -0.3 is 5.32 Å². The molecule has 0 saturated carbocycles. The molecule has 0 aromatic rings. The monoisotopic (exact) mass is 292 g/mol. The van der Waals surface area contributed by atoms with Crippen molar-refractivity contribution in [2.24, 2.45) is 5.41 Å². The molecule has 0 radical (unpaired) electrons. The molecule has 1 unspecified atom stereocenters. The molecule has 0 aromatic carbocycles. The Balaban J connectivity index is 2.43. The fourth-order valence-electron chi connectivity index (χ4n) is 2.24. The summed E-state index contributed by atoms with van der Waals surface area (Å²) in [7, 11) is 0. The van der Waals surface area contributed by atoms with Gasteiger partial charge in [0, 0.05) is 19.1 Å². The van der Waals surface area contributed by atoms with Gasteiger partial charge in [0.1, 0.15) is 0 Å². The van der Waals surface area contributed by atoms with Crippen molar-refractivity contribution in [3.05, 3.63) is 12.7 Å². The van der Waals surface area contributed by atoms with Crippen LogP contribution in [0.15, 0.2) is 12.7 Å². The Morgan fingerprint density at radius 3 is 2.35 bits per heavy atom. The summed E-state index contributed by atoms with van der Waals surface area (Å²) >= 11 is 0. The maximum absolute atomic E-state index is 12.3. The Kier molecular flexibility index (Phi) is 5.62. The highest BCUT2D eigenvalue weighted by Gasteiger charge is 2.34. The second-order valence-corrected chi connectivity index (χ2v) is 5.61. The Morgan fingerprint density at radius 1 is 1.40 bits per heavy atom. The average molecular weight is 292 g/mol. The standard InChI is InChI=1S/C14H23F3N2O/c1-4-13(3,5-2)12(20)18-11-6-8-19(9-7-11)10-14(15,16)17/h4,11H,1,5-10H2,2-3H3,(H,18,20). The van der Waals surface area contributed by atoms with Crippen LogP contribution in [0.25, 0.3) is 0 Å². The van der Waals surface area contributed by atoms with E-state index in [4.69, 9.17) is 0 Å². The van der Waals surface area contributed by atoms with Crippen LogP contribution in [-0.2, 0) is 4.79 Å². The highest BCUT2D eigenvalue weighted by atomic mass is 19.4. The molecule has 3 nitrogen and oxygen atoms in total. The second kappa shape index (κ2) is 6.61. The zero-order chi connectivity index (χ0) is 15.4. The van der Waals surface area contributed by atoms with E-state index in [2.05, 4.69) is 11.9 Å². The molecule has 0 aliphatic carbocycles. The van der Waals surface area contributed by atoms with Gasteiger partial charge in [-0.15, -0.1) is 6.58 Å². The lowest BCUT2D eigenvalue weighted by molar-refractivity contribution is -0.148. The first kappa shape index (κ1) is 17.0. The van der Waals surface area contributed by atoms with Crippen molar-refractivity contribution in [3.63, 3.8) is 0 Å². The number of likely N-dealkylation sites (tertiary alicyclic amines) is 1. The molecule has 0 aromatic heterocycles. The van der Waals surface area contributed by atoms with Gasteiger partial charge >= 0.3 is 6.18 Å². The van der Waals surface area contributed by atoms with E-state index < -0.39 is 18.1 Å². The molecular weight excluding hydrogens is 269 g/mol. The van der Waals surface area contributed by atoms with E-state index in [-0.39, 0.29) is 11.9 Å². The number of nitrogens with one attached hydrogen (secondary N) is 1. The molecule has 1 aliphatic rings. The van der Waals surface area contributed by atoms with E-state index in [0.717, 1.165) is 0 Å². The van der Waals surface area contributed by atoms with Crippen LogP contribution in [0.3, 0.4) is 0 Å². The molecule has 0 spiro atoms.